The molecule has 0 spiro atoms. The zero-order chi connectivity index (χ0) is 18.4. The number of thiophene rings is 1. The molecule has 1 aliphatic rings. The van der Waals surface area contributed by atoms with Crippen molar-refractivity contribution in [3.05, 3.63) is 58.1 Å². The van der Waals surface area contributed by atoms with Gasteiger partial charge in [-0.15, -0.1) is 11.3 Å². The third-order valence-electron chi connectivity index (χ3n) is 4.69. The number of hydrogen-bond acceptors (Lipinski definition) is 6. The van der Waals surface area contributed by atoms with Crippen LogP contribution < -0.4 is 10.2 Å². The Kier molecular flexibility index (Phi) is 3.88. The van der Waals surface area contributed by atoms with Crippen molar-refractivity contribution in [1.29, 1.82) is 0 Å². The molecule has 26 heavy (non-hydrogen) atoms. The molecule has 1 atom stereocenters. The van der Waals surface area contributed by atoms with Crippen LogP contribution in [0.15, 0.2) is 36.5 Å². The lowest BCUT2D eigenvalue weighted by Gasteiger charge is -2.36. The topological polar surface area (TPSA) is 71.5 Å². The summed E-state index contributed by atoms with van der Waals surface area (Å²) in [6.07, 6.45) is 1.42. The van der Waals surface area contributed by atoms with Gasteiger partial charge in [-0.3, -0.25) is 4.79 Å². The maximum Gasteiger partial charge on any atom is 0.348 e. The van der Waals surface area contributed by atoms with Crippen LogP contribution in [0, 0.1) is 6.92 Å². The van der Waals surface area contributed by atoms with Crippen LogP contribution in [0.4, 0.5) is 5.69 Å². The molecule has 1 N–H and O–H groups in total. The molecular weight excluding hydrogens is 350 g/mol. The van der Waals surface area contributed by atoms with Crippen LogP contribution in [-0.4, -0.2) is 31.0 Å². The Morgan fingerprint density at radius 2 is 2.12 bits per heavy atom. The molecule has 4 rings (SSSR count). The van der Waals surface area contributed by atoms with Gasteiger partial charge in [-0.2, -0.15) is 0 Å². The summed E-state index contributed by atoms with van der Waals surface area (Å²) in [6.45, 7) is 1.88. The number of fused-ring (bicyclic) bond motifs is 2. The minimum absolute atomic E-state index is 0.110. The minimum Gasteiger partial charge on any atom is -0.465 e. The van der Waals surface area contributed by atoms with Crippen molar-refractivity contribution >= 4 is 39.1 Å². The fourth-order valence-corrected chi connectivity index (χ4v) is 4.32. The molecule has 1 aromatic carbocycles. The number of aromatic nitrogens is 1. The molecule has 6 nitrogen and oxygen atoms in total. The van der Waals surface area contributed by atoms with Crippen molar-refractivity contribution in [3.8, 4) is 0 Å². The van der Waals surface area contributed by atoms with E-state index in [4.69, 9.17) is 4.74 Å². The Hall–Kier alpha value is -2.93. The maximum atomic E-state index is 12.5. The number of hydrogen-bond donors (Lipinski definition) is 1. The first kappa shape index (κ1) is 16.5. The summed E-state index contributed by atoms with van der Waals surface area (Å²) in [5.41, 5.74) is 3.23. The second kappa shape index (κ2) is 6.10. The number of pyridine rings is 1. The van der Waals surface area contributed by atoms with Gasteiger partial charge in [0.05, 0.1) is 18.4 Å². The quantitative estimate of drug-likeness (QED) is 0.704. The molecule has 0 saturated heterocycles. The van der Waals surface area contributed by atoms with Gasteiger partial charge in [-0.1, -0.05) is 12.1 Å². The van der Waals surface area contributed by atoms with Crippen LogP contribution >= 0.6 is 11.3 Å². The molecule has 3 aromatic rings. The number of carbonyl (C=O) groups excluding carboxylic acids is 2. The van der Waals surface area contributed by atoms with E-state index in [0.717, 1.165) is 27.0 Å². The number of carbonyl (C=O) groups is 2. The van der Waals surface area contributed by atoms with Gasteiger partial charge in [0.2, 0.25) is 0 Å². The highest BCUT2D eigenvalue weighted by atomic mass is 32.1. The van der Waals surface area contributed by atoms with Crippen LogP contribution in [0.1, 0.15) is 37.3 Å². The molecule has 0 bridgehead atoms. The standard InChI is InChI=1S/C19H17N3O3S/c1-10-13-8-11(9-20-18(13)26-15(10)19(24)25-3)16-21-17(23)12-6-4-5-7-14(12)22(16)2/h4-9,16H,1-3H3,(H,21,23)/t16-/m1/s1. The predicted octanol–water partition coefficient (Wildman–Crippen LogP) is 3.27. The maximum absolute atomic E-state index is 12.5. The Labute approximate surface area is 154 Å². The number of aryl methyl sites for hydroxylation is 1. The summed E-state index contributed by atoms with van der Waals surface area (Å²) in [5.74, 6) is -0.467. The summed E-state index contributed by atoms with van der Waals surface area (Å²) in [4.78, 5) is 32.2. The van der Waals surface area contributed by atoms with Crippen molar-refractivity contribution in [2.75, 3.05) is 19.1 Å². The number of nitrogens with one attached hydrogen (secondary N) is 1. The second-order valence-electron chi connectivity index (χ2n) is 6.17. The van der Waals surface area contributed by atoms with E-state index in [9.17, 15) is 9.59 Å². The molecule has 1 aliphatic heterocycles. The third-order valence-corrected chi connectivity index (χ3v) is 5.88. The fraction of sp³-hybridized carbons (Fsp3) is 0.211. The molecule has 3 heterocycles. The molecule has 132 valence electrons. The highest BCUT2D eigenvalue weighted by Gasteiger charge is 2.30. The Balaban J connectivity index is 1.79. The smallest absolute Gasteiger partial charge is 0.348 e. The van der Waals surface area contributed by atoms with Crippen molar-refractivity contribution in [2.45, 2.75) is 13.1 Å². The van der Waals surface area contributed by atoms with Gasteiger partial charge in [0, 0.05) is 24.2 Å². The van der Waals surface area contributed by atoms with Crippen molar-refractivity contribution in [1.82, 2.24) is 10.3 Å². The highest BCUT2D eigenvalue weighted by molar-refractivity contribution is 7.20. The van der Waals surface area contributed by atoms with Crippen LogP contribution in [0.3, 0.4) is 0 Å². The Morgan fingerprint density at radius 1 is 1.35 bits per heavy atom. The van der Waals surface area contributed by atoms with E-state index < -0.39 is 0 Å². The molecule has 0 saturated carbocycles. The number of esters is 1. The average molecular weight is 367 g/mol. The summed E-state index contributed by atoms with van der Waals surface area (Å²) in [5, 5.41) is 3.92. The number of anilines is 1. The number of benzene rings is 1. The number of nitrogens with zero attached hydrogens (tertiary/aromatic N) is 2. The van der Waals surface area contributed by atoms with E-state index in [2.05, 4.69) is 10.3 Å². The number of rotatable bonds is 2. The predicted molar refractivity (Wildman–Crippen MR) is 101 cm³/mol. The van der Waals surface area contributed by atoms with E-state index in [-0.39, 0.29) is 18.0 Å². The first-order valence-electron chi connectivity index (χ1n) is 8.11. The number of amides is 1. The van der Waals surface area contributed by atoms with Gasteiger partial charge in [-0.25, -0.2) is 9.78 Å². The fourth-order valence-electron chi connectivity index (χ4n) is 3.27. The van der Waals surface area contributed by atoms with Crippen LogP contribution in [0.2, 0.25) is 0 Å². The molecule has 0 fully saturated rings. The average Bonchev–Trinajstić information content (AvgIpc) is 3.00. The molecule has 2 aromatic heterocycles. The van der Waals surface area contributed by atoms with E-state index in [0.29, 0.717) is 10.4 Å². The monoisotopic (exact) mass is 367 g/mol. The van der Waals surface area contributed by atoms with E-state index in [1.54, 1.807) is 6.20 Å². The zero-order valence-electron chi connectivity index (χ0n) is 14.6. The minimum atomic E-state index is -0.357. The van der Waals surface area contributed by atoms with Gasteiger partial charge in [0.25, 0.3) is 5.91 Å². The molecule has 7 heteroatoms. The summed E-state index contributed by atoms with van der Waals surface area (Å²) < 4.78 is 4.84. The molecular formula is C19H17N3O3S. The van der Waals surface area contributed by atoms with E-state index in [1.807, 2.05) is 49.2 Å². The Bertz CT molecular complexity index is 1040. The normalized spacial score (nSPS) is 16.3. The largest absolute Gasteiger partial charge is 0.465 e. The summed E-state index contributed by atoms with van der Waals surface area (Å²) in [6, 6.07) is 9.49. The van der Waals surface area contributed by atoms with Crippen LogP contribution in [0.5, 0.6) is 0 Å². The summed E-state index contributed by atoms with van der Waals surface area (Å²) in [7, 11) is 3.31. The SMILES string of the molecule is COC(=O)c1sc2ncc([C@@H]3NC(=O)c4ccccc4N3C)cc2c1C. The first-order chi connectivity index (χ1) is 12.5. The zero-order valence-corrected chi connectivity index (χ0v) is 15.4. The van der Waals surface area contributed by atoms with Gasteiger partial charge >= 0.3 is 5.97 Å². The molecule has 0 aliphatic carbocycles. The third kappa shape index (κ3) is 2.43. The second-order valence-corrected chi connectivity index (χ2v) is 7.17. The molecule has 0 radical (unpaired) electrons. The van der Waals surface area contributed by atoms with Crippen LogP contribution in [-0.2, 0) is 4.74 Å². The summed E-state index contributed by atoms with van der Waals surface area (Å²) >= 11 is 1.32. The van der Waals surface area contributed by atoms with Gasteiger partial charge < -0.3 is 15.0 Å². The van der Waals surface area contributed by atoms with Crippen molar-refractivity contribution in [3.63, 3.8) is 0 Å². The lowest BCUT2D eigenvalue weighted by atomic mass is 10.0. The first-order valence-corrected chi connectivity index (χ1v) is 8.93. The van der Waals surface area contributed by atoms with E-state index >= 15 is 0 Å². The number of para-hydroxylation sites is 1. The van der Waals surface area contributed by atoms with E-state index in [1.165, 1.54) is 18.4 Å². The van der Waals surface area contributed by atoms with Crippen molar-refractivity contribution < 1.29 is 14.3 Å². The molecule has 1 amide bonds. The number of ether oxygens (including phenoxy) is 1. The Morgan fingerprint density at radius 3 is 2.88 bits per heavy atom. The number of methoxy groups -OCH3 is 1. The van der Waals surface area contributed by atoms with Crippen molar-refractivity contribution in [2.24, 2.45) is 0 Å². The van der Waals surface area contributed by atoms with Gasteiger partial charge in [-0.05, 0) is 30.7 Å². The lowest BCUT2D eigenvalue weighted by molar-refractivity contribution is 0.0605. The highest BCUT2D eigenvalue weighted by Crippen LogP contribution is 2.35. The molecule has 0 unspecified atom stereocenters. The van der Waals surface area contributed by atoms with Gasteiger partial charge in [0.15, 0.2) is 0 Å². The van der Waals surface area contributed by atoms with Crippen LogP contribution in [0.25, 0.3) is 10.2 Å². The van der Waals surface area contributed by atoms with Gasteiger partial charge in [0.1, 0.15) is 15.9 Å². The lowest BCUT2D eigenvalue weighted by Crippen LogP contribution is -2.44.